The van der Waals surface area contributed by atoms with Crippen LogP contribution in [-0.2, 0) is 0 Å². The molecule has 1 aliphatic heterocycles. The van der Waals surface area contributed by atoms with E-state index in [1.807, 2.05) is 0 Å². The molecule has 5 rings (SSSR count). The van der Waals surface area contributed by atoms with Crippen molar-refractivity contribution in [2.45, 2.75) is 18.1 Å². The summed E-state index contributed by atoms with van der Waals surface area (Å²) in [6, 6.07) is 45.1. The molecule has 32 heavy (non-hydrogen) atoms. The quantitative estimate of drug-likeness (QED) is 0.389. The van der Waals surface area contributed by atoms with E-state index < -0.39 is 0 Å². The Morgan fingerprint density at radius 1 is 0.562 bits per heavy atom. The molecule has 1 N–H and O–H groups in total. The van der Waals surface area contributed by atoms with Crippen molar-refractivity contribution >= 4 is 37.1 Å². The van der Waals surface area contributed by atoms with E-state index >= 15 is 0 Å². The Labute approximate surface area is 194 Å². The summed E-state index contributed by atoms with van der Waals surface area (Å²) < 4.78 is 0. The molecule has 2 atom stereocenters. The lowest BCUT2D eigenvalue weighted by atomic mass is 10.2. The van der Waals surface area contributed by atoms with Gasteiger partial charge in [0.1, 0.15) is 0 Å². The van der Waals surface area contributed by atoms with Crippen LogP contribution in [0.2, 0.25) is 0 Å². The molecule has 0 spiro atoms. The van der Waals surface area contributed by atoms with Crippen LogP contribution in [0.25, 0.3) is 0 Å². The van der Waals surface area contributed by atoms with Crippen molar-refractivity contribution in [2.75, 3.05) is 12.7 Å². The first kappa shape index (κ1) is 21.5. The molecular weight excluding hydrogens is 424 g/mol. The van der Waals surface area contributed by atoms with Gasteiger partial charge in [0.25, 0.3) is 0 Å². The van der Waals surface area contributed by atoms with Crippen LogP contribution in [0.4, 0.5) is 0 Å². The molecule has 0 saturated carbocycles. The highest BCUT2D eigenvalue weighted by atomic mass is 31.1. The van der Waals surface area contributed by atoms with Crippen LogP contribution >= 0.6 is 15.8 Å². The summed E-state index contributed by atoms with van der Waals surface area (Å²) in [7, 11) is -0.731. The second kappa shape index (κ2) is 10.5. The van der Waals surface area contributed by atoms with Crippen molar-refractivity contribution in [3.05, 3.63) is 121 Å². The third-order valence-electron chi connectivity index (χ3n) is 6.17. The molecule has 3 heteroatoms. The van der Waals surface area contributed by atoms with Gasteiger partial charge in [-0.2, -0.15) is 0 Å². The van der Waals surface area contributed by atoms with Crippen LogP contribution in [0.1, 0.15) is 6.42 Å². The summed E-state index contributed by atoms with van der Waals surface area (Å²) in [5, 5.41) is 9.88. The molecule has 1 aliphatic rings. The Hall–Kier alpha value is -2.30. The van der Waals surface area contributed by atoms with Crippen LogP contribution in [-0.4, -0.2) is 24.4 Å². The second-order valence-corrected chi connectivity index (χ2v) is 13.1. The molecule has 0 aliphatic carbocycles. The van der Waals surface area contributed by atoms with E-state index in [9.17, 15) is 0 Å². The fraction of sp³-hybridized carbons (Fsp3) is 0.172. The minimum absolute atomic E-state index is 0.364. The molecule has 0 bridgehead atoms. The monoisotopic (exact) mass is 453 g/mol. The maximum atomic E-state index is 3.93. The van der Waals surface area contributed by atoms with E-state index in [-0.39, 0.29) is 15.8 Å². The number of hydrogen-bond acceptors (Lipinski definition) is 1. The number of hydrogen-bond donors (Lipinski definition) is 1. The summed E-state index contributed by atoms with van der Waals surface area (Å²) >= 11 is 0. The Balaban J connectivity index is 1.38. The van der Waals surface area contributed by atoms with Gasteiger partial charge < -0.3 is 5.32 Å². The number of nitrogens with one attached hydrogen (secondary N) is 1. The van der Waals surface area contributed by atoms with Crippen molar-refractivity contribution in [3.63, 3.8) is 0 Å². The highest BCUT2D eigenvalue weighted by Gasteiger charge is 2.33. The van der Waals surface area contributed by atoms with E-state index in [1.54, 1.807) is 0 Å². The Morgan fingerprint density at radius 3 is 1.41 bits per heavy atom. The molecule has 1 fully saturated rings. The molecule has 1 unspecified atom stereocenters. The first-order chi connectivity index (χ1) is 15.9. The van der Waals surface area contributed by atoms with Crippen LogP contribution < -0.4 is 26.5 Å². The maximum Gasteiger partial charge on any atom is 0.0119 e. The van der Waals surface area contributed by atoms with Gasteiger partial charge in [-0.3, -0.25) is 0 Å². The molecule has 4 aromatic rings. The van der Waals surface area contributed by atoms with Crippen molar-refractivity contribution in [3.8, 4) is 0 Å². The van der Waals surface area contributed by atoms with Crippen LogP contribution in [0.15, 0.2) is 121 Å². The van der Waals surface area contributed by atoms with Crippen molar-refractivity contribution < 1.29 is 0 Å². The summed E-state index contributed by atoms with van der Waals surface area (Å²) in [6.07, 6.45) is 2.45. The van der Waals surface area contributed by atoms with E-state index in [2.05, 4.69) is 127 Å². The Bertz CT molecular complexity index is 1010. The highest BCUT2D eigenvalue weighted by Crippen LogP contribution is 2.45. The number of benzene rings is 4. The maximum absolute atomic E-state index is 3.93. The van der Waals surface area contributed by atoms with Gasteiger partial charge in [0.05, 0.1) is 0 Å². The van der Waals surface area contributed by atoms with E-state index in [4.69, 9.17) is 0 Å². The van der Waals surface area contributed by atoms with Crippen LogP contribution in [0.3, 0.4) is 0 Å². The molecular formula is C29H29NP2. The molecule has 1 nitrogen and oxygen atoms in total. The van der Waals surface area contributed by atoms with E-state index in [0.717, 1.165) is 6.54 Å². The summed E-state index contributed by atoms with van der Waals surface area (Å²) in [5.74, 6) is 0. The molecule has 160 valence electrons. The number of rotatable bonds is 7. The van der Waals surface area contributed by atoms with Crippen LogP contribution in [0.5, 0.6) is 0 Å². The zero-order chi connectivity index (χ0) is 21.6. The van der Waals surface area contributed by atoms with Crippen molar-refractivity contribution in [1.29, 1.82) is 0 Å². The molecule has 0 aromatic heterocycles. The standard InChI is InChI=1S/C29H29NP2/c1-5-13-25(14-6-1)31(26-15-7-2-8-16-26)23-24-21-29(22-30-24)32(27-17-9-3-10-18-27)28-19-11-4-12-20-28/h1-20,24,29-30H,21-23H2/t24?,29-/m1/s1. The van der Waals surface area contributed by atoms with Crippen molar-refractivity contribution in [1.82, 2.24) is 5.32 Å². The second-order valence-electron chi connectivity index (χ2n) is 8.32. The van der Waals surface area contributed by atoms with Gasteiger partial charge in [0.15, 0.2) is 0 Å². The lowest BCUT2D eigenvalue weighted by Gasteiger charge is -2.26. The summed E-state index contributed by atoms with van der Waals surface area (Å²) in [5.41, 5.74) is 0.670. The molecule has 0 radical (unpaired) electrons. The molecule has 0 amide bonds. The van der Waals surface area contributed by atoms with Crippen molar-refractivity contribution in [2.24, 2.45) is 0 Å². The fourth-order valence-electron chi connectivity index (χ4n) is 4.68. The SMILES string of the molecule is c1ccc(P(CC2C[C@@H](P(c3ccccc3)c3ccccc3)CN2)c2ccccc2)cc1. The van der Waals surface area contributed by atoms with Gasteiger partial charge >= 0.3 is 0 Å². The largest absolute Gasteiger partial charge is 0.313 e. The average Bonchev–Trinajstić information content (AvgIpc) is 3.33. The Kier molecular flexibility index (Phi) is 7.10. The zero-order valence-electron chi connectivity index (χ0n) is 18.2. The van der Waals surface area contributed by atoms with E-state index in [1.165, 1.54) is 33.8 Å². The first-order valence-electron chi connectivity index (χ1n) is 11.4. The minimum Gasteiger partial charge on any atom is -0.313 e. The van der Waals surface area contributed by atoms with Gasteiger partial charge in [0.2, 0.25) is 0 Å². The lowest BCUT2D eigenvalue weighted by molar-refractivity contribution is 0.672. The third-order valence-corrected chi connectivity index (χ3v) is 11.7. The lowest BCUT2D eigenvalue weighted by Crippen LogP contribution is -2.28. The summed E-state index contributed by atoms with van der Waals surface area (Å²) in [6.45, 7) is 1.10. The first-order valence-corrected chi connectivity index (χ1v) is 14.3. The van der Waals surface area contributed by atoms with E-state index in [0.29, 0.717) is 11.7 Å². The normalized spacial score (nSPS) is 18.3. The molecule has 4 aromatic carbocycles. The van der Waals surface area contributed by atoms with Gasteiger partial charge in [-0.25, -0.2) is 0 Å². The summed E-state index contributed by atoms with van der Waals surface area (Å²) in [4.78, 5) is 0. The topological polar surface area (TPSA) is 12.0 Å². The third kappa shape index (κ3) is 5.02. The fourth-order valence-corrected chi connectivity index (χ4v) is 10.1. The Morgan fingerprint density at radius 2 is 0.969 bits per heavy atom. The van der Waals surface area contributed by atoms with Crippen LogP contribution in [0, 0.1) is 0 Å². The predicted molar refractivity (Wildman–Crippen MR) is 143 cm³/mol. The average molecular weight is 454 g/mol. The van der Waals surface area contributed by atoms with Gasteiger partial charge in [-0.1, -0.05) is 121 Å². The van der Waals surface area contributed by atoms with Gasteiger partial charge in [-0.05, 0) is 49.6 Å². The van der Waals surface area contributed by atoms with Gasteiger partial charge in [0, 0.05) is 18.2 Å². The highest BCUT2D eigenvalue weighted by molar-refractivity contribution is 7.74. The minimum atomic E-state index is -0.367. The zero-order valence-corrected chi connectivity index (χ0v) is 20.0. The smallest absolute Gasteiger partial charge is 0.0119 e. The molecule has 1 heterocycles. The predicted octanol–water partition coefficient (Wildman–Crippen LogP) is 4.98. The molecule has 1 saturated heterocycles. The van der Waals surface area contributed by atoms with Gasteiger partial charge in [-0.15, -0.1) is 0 Å².